The highest BCUT2D eigenvalue weighted by atomic mass is 32.1. The van der Waals surface area contributed by atoms with Crippen LogP contribution in [-0.4, -0.2) is 33.9 Å². The van der Waals surface area contributed by atoms with Crippen LogP contribution >= 0.6 is 11.3 Å². The van der Waals surface area contributed by atoms with Crippen molar-refractivity contribution in [3.63, 3.8) is 0 Å². The van der Waals surface area contributed by atoms with Gasteiger partial charge in [0, 0.05) is 12.4 Å². The monoisotopic (exact) mass is 517 g/mol. The van der Waals surface area contributed by atoms with Crippen molar-refractivity contribution in [2.45, 2.75) is 32.2 Å². The molecule has 4 aromatic rings. The number of hydrogen-bond acceptors (Lipinski definition) is 7. The fourth-order valence-electron chi connectivity index (χ4n) is 4.38. The minimum Gasteiger partial charge on any atom is -0.507 e. The first kappa shape index (κ1) is 24.6. The third-order valence-electron chi connectivity index (χ3n) is 6.31. The van der Waals surface area contributed by atoms with Crippen LogP contribution in [0.3, 0.4) is 0 Å². The summed E-state index contributed by atoms with van der Waals surface area (Å²) in [6, 6.07) is 11.9. The molecule has 0 saturated carbocycles. The summed E-state index contributed by atoms with van der Waals surface area (Å²) in [6.45, 7) is 6.33. The van der Waals surface area contributed by atoms with Crippen LogP contribution in [0, 0.1) is 5.82 Å². The molecule has 1 unspecified atom stereocenters. The molecule has 0 aliphatic carbocycles. The average Bonchev–Trinajstić information content (AvgIpc) is 3.41. The number of hydrogen-bond donors (Lipinski definition) is 1. The number of thiazole rings is 1. The van der Waals surface area contributed by atoms with Crippen LogP contribution in [0.5, 0.6) is 5.75 Å². The predicted molar refractivity (Wildman–Crippen MR) is 140 cm³/mol. The summed E-state index contributed by atoms with van der Waals surface area (Å²) in [5.41, 5.74) is 1.98. The third-order valence-corrected chi connectivity index (χ3v) is 7.33. The van der Waals surface area contributed by atoms with Gasteiger partial charge in [-0.05, 0) is 52.9 Å². The number of carbonyl (C=O) groups excluding carboxylic acids is 2. The van der Waals surface area contributed by atoms with E-state index in [4.69, 9.17) is 4.74 Å². The molecule has 1 saturated heterocycles. The molecule has 1 atom stereocenters. The standard InChI is InChI=1S/C28H24FN3O4S/c1-28(2,3)16-7-9-19-21(12-16)37-27(31-19)32-23(15-6-5-11-30-14-15)22(25(34)26(32)35)24(33)18-13-17(29)8-10-20(18)36-4/h5-14,23,33H,1-4H3/b24-22+. The minimum atomic E-state index is -1.02. The topological polar surface area (TPSA) is 92.6 Å². The number of fused-ring (bicyclic) bond motifs is 1. The molecule has 37 heavy (non-hydrogen) atoms. The summed E-state index contributed by atoms with van der Waals surface area (Å²) in [5.74, 6) is -2.77. The van der Waals surface area contributed by atoms with E-state index in [0.29, 0.717) is 16.2 Å². The van der Waals surface area contributed by atoms with Crippen LogP contribution in [0.1, 0.15) is 43.5 Å². The van der Waals surface area contributed by atoms with E-state index < -0.39 is 29.3 Å². The van der Waals surface area contributed by atoms with Crippen molar-refractivity contribution in [2.75, 3.05) is 12.0 Å². The molecule has 2 aromatic carbocycles. The molecule has 1 N–H and O–H groups in total. The number of pyridine rings is 1. The van der Waals surface area contributed by atoms with E-state index in [1.807, 2.05) is 18.2 Å². The number of aliphatic hydroxyl groups is 1. The Labute approximate surface area is 216 Å². The number of carbonyl (C=O) groups is 2. The summed E-state index contributed by atoms with van der Waals surface area (Å²) < 4.78 is 20.3. The van der Waals surface area contributed by atoms with Gasteiger partial charge in [0.1, 0.15) is 17.3 Å². The average molecular weight is 518 g/mol. The summed E-state index contributed by atoms with van der Waals surface area (Å²) in [6.07, 6.45) is 3.08. The van der Waals surface area contributed by atoms with E-state index in [0.717, 1.165) is 16.3 Å². The van der Waals surface area contributed by atoms with Gasteiger partial charge in [0.05, 0.1) is 34.5 Å². The molecule has 1 fully saturated rings. The Hall–Kier alpha value is -4.11. The lowest BCUT2D eigenvalue weighted by Gasteiger charge is -2.22. The van der Waals surface area contributed by atoms with Crippen molar-refractivity contribution in [1.82, 2.24) is 9.97 Å². The fourth-order valence-corrected chi connectivity index (χ4v) is 5.41. The third kappa shape index (κ3) is 4.25. The van der Waals surface area contributed by atoms with E-state index in [1.54, 1.807) is 18.3 Å². The molecule has 7 nitrogen and oxygen atoms in total. The minimum absolute atomic E-state index is 0.0338. The Morgan fingerprint density at radius 3 is 2.59 bits per heavy atom. The van der Waals surface area contributed by atoms with Crippen LogP contribution < -0.4 is 9.64 Å². The van der Waals surface area contributed by atoms with Gasteiger partial charge >= 0.3 is 5.91 Å². The van der Waals surface area contributed by atoms with Gasteiger partial charge in [0.25, 0.3) is 5.78 Å². The molecule has 2 aromatic heterocycles. The summed E-state index contributed by atoms with van der Waals surface area (Å²) in [5, 5.41) is 11.6. The predicted octanol–water partition coefficient (Wildman–Crippen LogP) is 5.76. The summed E-state index contributed by atoms with van der Waals surface area (Å²) in [7, 11) is 1.37. The molecule has 1 amide bonds. The molecule has 0 spiro atoms. The second-order valence-corrected chi connectivity index (χ2v) is 10.7. The number of nitrogens with zero attached hydrogens (tertiary/aromatic N) is 3. The summed E-state index contributed by atoms with van der Waals surface area (Å²) >= 11 is 1.28. The normalized spacial score (nSPS) is 17.5. The Morgan fingerprint density at radius 2 is 1.92 bits per heavy atom. The maximum Gasteiger partial charge on any atom is 0.301 e. The van der Waals surface area contributed by atoms with Crippen LogP contribution in [0.25, 0.3) is 16.0 Å². The van der Waals surface area contributed by atoms with Crippen LogP contribution in [0.15, 0.2) is 66.5 Å². The first-order chi connectivity index (χ1) is 17.6. The maximum atomic E-state index is 14.1. The molecule has 0 bridgehead atoms. The van der Waals surface area contributed by atoms with E-state index in [2.05, 4.69) is 30.7 Å². The number of ketones is 1. The van der Waals surface area contributed by atoms with Crippen molar-refractivity contribution in [1.29, 1.82) is 0 Å². The maximum absolute atomic E-state index is 14.1. The van der Waals surface area contributed by atoms with E-state index in [-0.39, 0.29) is 22.3 Å². The fraction of sp³-hybridized carbons (Fsp3) is 0.214. The molecule has 0 radical (unpaired) electrons. The van der Waals surface area contributed by atoms with Gasteiger partial charge in [-0.15, -0.1) is 0 Å². The lowest BCUT2D eigenvalue weighted by Crippen LogP contribution is -2.29. The number of methoxy groups -OCH3 is 1. The zero-order valence-electron chi connectivity index (χ0n) is 20.7. The number of halogens is 1. The number of benzene rings is 2. The highest BCUT2D eigenvalue weighted by Crippen LogP contribution is 2.45. The zero-order valence-corrected chi connectivity index (χ0v) is 21.5. The smallest absolute Gasteiger partial charge is 0.301 e. The lowest BCUT2D eigenvalue weighted by molar-refractivity contribution is -0.132. The molecular weight excluding hydrogens is 493 g/mol. The van der Waals surface area contributed by atoms with Crippen molar-refractivity contribution >= 4 is 44.1 Å². The van der Waals surface area contributed by atoms with Gasteiger partial charge in [-0.2, -0.15) is 0 Å². The molecule has 5 rings (SSSR count). The lowest BCUT2D eigenvalue weighted by atomic mass is 9.87. The van der Waals surface area contributed by atoms with Crippen molar-refractivity contribution in [2.24, 2.45) is 0 Å². The van der Waals surface area contributed by atoms with Gasteiger partial charge in [-0.1, -0.05) is 44.2 Å². The quantitative estimate of drug-likeness (QED) is 0.210. The van der Waals surface area contributed by atoms with Crippen molar-refractivity contribution in [3.05, 3.63) is 89.0 Å². The van der Waals surface area contributed by atoms with Gasteiger partial charge in [-0.3, -0.25) is 19.5 Å². The number of anilines is 1. The Morgan fingerprint density at radius 1 is 1.14 bits per heavy atom. The zero-order chi connectivity index (χ0) is 26.5. The molecule has 9 heteroatoms. The van der Waals surface area contributed by atoms with E-state index in [9.17, 15) is 19.1 Å². The Balaban J connectivity index is 1.72. The van der Waals surface area contributed by atoms with Gasteiger partial charge in [0.2, 0.25) is 0 Å². The second-order valence-electron chi connectivity index (χ2n) is 9.73. The summed E-state index contributed by atoms with van der Waals surface area (Å²) in [4.78, 5) is 36.9. The van der Waals surface area contributed by atoms with Crippen molar-refractivity contribution < 1.29 is 23.8 Å². The van der Waals surface area contributed by atoms with Gasteiger partial charge in [-0.25, -0.2) is 9.37 Å². The Kier molecular flexibility index (Phi) is 6.03. The van der Waals surface area contributed by atoms with Gasteiger partial charge < -0.3 is 9.84 Å². The molecule has 1 aliphatic heterocycles. The molecular formula is C28H24FN3O4S. The highest BCUT2D eigenvalue weighted by Gasteiger charge is 2.48. The number of Topliss-reactive ketones (excluding diaryl/α,β-unsaturated/α-hetero) is 1. The molecule has 1 aliphatic rings. The number of rotatable bonds is 4. The molecule has 188 valence electrons. The molecule has 3 heterocycles. The largest absolute Gasteiger partial charge is 0.507 e. The number of aliphatic hydroxyl groups excluding tert-OH is 1. The van der Waals surface area contributed by atoms with E-state index in [1.165, 1.54) is 41.7 Å². The second kappa shape index (κ2) is 9.08. The number of aromatic nitrogens is 2. The highest BCUT2D eigenvalue weighted by molar-refractivity contribution is 7.22. The van der Waals surface area contributed by atoms with Crippen LogP contribution in [-0.2, 0) is 15.0 Å². The first-order valence-electron chi connectivity index (χ1n) is 11.6. The van der Waals surface area contributed by atoms with E-state index >= 15 is 0 Å². The van der Waals surface area contributed by atoms with Crippen LogP contribution in [0.4, 0.5) is 9.52 Å². The SMILES string of the molecule is COc1ccc(F)cc1/C(O)=C1\C(=O)C(=O)N(c2nc3ccc(C(C)(C)C)cc3s2)C1c1cccnc1. The van der Waals surface area contributed by atoms with Crippen LogP contribution in [0.2, 0.25) is 0 Å². The van der Waals surface area contributed by atoms with Crippen molar-refractivity contribution in [3.8, 4) is 5.75 Å². The number of ether oxygens (including phenoxy) is 1. The van der Waals surface area contributed by atoms with Gasteiger partial charge in [0.15, 0.2) is 5.13 Å². The first-order valence-corrected chi connectivity index (χ1v) is 12.4. The number of amides is 1. The Bertz CT molecular complexity index is 1570.